The molecule has 0 amide bonds. The maximum absolute atomic E-state index is 6.06. The number of anilines is 1. The third kappa shape index (κ3) is 3.90. The van der Waals surface area contributed by atoms with Gasteiger partial charge >= 0.3 is 0 Å². The molecule has 0 N–H and O–H groups in total. The molecule has 3 heterocycles. The Bertz CT molecular complexity index is 1460. The molecule has 0 radical (unpaired) electrons. The maximum atomic E-state index is 6.06. The molecule has 0 bridgehead atoms. The van der Waals surface area contributed by atoms with Gasteiger partial charge in [0.2, 0.25) is 11.6 Å². The Morgan fingerprint density at radius 2 is 1.49 bits per heavy atom. The number of pyridine rings is 1. The Morgan fingerprint density at radius 1 is 0.800 bits per heavy atom. The van der Waals surface area contributed by atoms with E-state index in [1.807, 2.05) is 84.2 Å². The van der Waals surface area contributed by atoms with E-state index in [9.17, 15) is 0 Å². The van der Waals surface area contributed by atoms with Crippen LogP contribution in [0.1, 0.15) is 0 Å². The van der Waals surface area contributed by atoms with Crippen LogP contribution in [-0.2, 0) is 0 Å². The quantitative estimate of drug-likeness (QED) is 0.334. The SMILES string of the molecule is COc1cc(-c2nc(-c3nnc(-c4ccc(N(C)C)cc4)o3)c3ccccn23)cc(OC)c1OC. The standard InChI is InChI=1S/C26H25N5O4/c1-30(2)18-11-9-16(10-12-18)25-28-29-26(35-25)22-19-8-6-7-13-31(19)24(27-22)17-14-20(32-3)23(34-5)21(15-17)33-4/h6-15H,1-5H3. The highest BCUT2D eigenvalue weighted by Gasteiger charge is 2.22. The number of aromatic nitrogens is 4. The smallest absolute Gasteiger partial charge is 0.268 e. The molecule has 0 aliphatic carbocycles. The zero-order valence-corrected chi connectivity index (χ0v) is 20.1. The zero-order valence-electron chi connectivity index (χ0n) is 20.1. The van der Waals surface area contributed by atoms with Gasteiger partial charge in [-0.05, 0) is 48.5 Å². The molecule has 0 spiro atoms. The van der Waals surface area contributed by atoms with Gasteiger partial charge in [-0.3, -0.25) is 4.40 Å². The molecule has 178 valence electrons. The largest absolute Gasteiger partial charge is 0.493 e. The molecule has 5 rings (SSSR count). The lowest BCUT2D eigenvalue weighted by atomic mass is 10.1. The fraction of sp³-hybridized carbons (Fsp3) is 0.192. The molecule has 0 unspecified atom stereocenters. The van der Waals surface area contributed by atoms with E-state index in [-0.39, 0.29) is 0 Å². The maximum Gasteiger partial charge on any atom is 0.268 e. The summed E-state index contributed by atoms with van der Waals surface area (Å²) in [6.07, 6.45) is 1.93. The summed E-state index contributed by atoms with van der Waals surface area (Å²) in [6.45, 7) is 0. The molecule has 0 aliphatic rings. The highest BCUT2D eigenvalue weighted by molar-refractivity contribution is 5.79. The molecule has 5 aromatic rings. The predicted molar refractivity (Wildman–Crippen MR) is 133 cm³/mol. The molecule has 2 aromatic carbocycles. The van der Waals surface area contributed by atoms with Gasteiger partial charge < -0.3 is 23.5 Å². The summed E-state index contributed by atoms with van der Waals surface area (Å²) < 4.78 is 24.6. The monoisotopic (exact) mass is 471 g/mol. The Hall–Kier alpha value is -4.53. The molecule has 9 heteroatoms. The predicted octanol–water partition coefficient (Wildman–Crippen LogP) is 4.81. The average molecular weight is 472 g/mol. The second kappa shape index (κ2) is 9.02. The molecule has 0 atom stereocenters. The van der Waals surface area contributed by atoms with E-state index in [0.29, 0.717) is 40.5 Å². The lowest BCUT2D eigenvalue weighted by Gasteiger charge is -2.13. The van der Waals surface area contributed by atoms with Crippen LogP contribution >= 0.6 is 0 Å². The lowest BCUT2D eigenvalue weighted by molar-refractivity contribution is 0.324. The Kier molecular flexibility index (Phi) is 5.74. The Labute approximate surface area is 202 Å². The number of benzene rings is 2. The topological polar surface area (TPSA) is 87.2 Å². The normalized spacial score (nSPS) is 11.0. The number of fused-ring (bicyclic) bond motifs is 1. The molecule has 0 saturated heterocycles. The van der Waals surface area contributed by atoms with Crippen LogP contribution in [0.4, 0.5) is 5.69 Å². The molecular formula is C26H25N5O4. The van der Waals surface area contributed by atoms with Crippen LogP contribution in [0, 0.1) is 0 Å². The van der Waals surface area contributed by atoms with Gasteiger partial charge in [-0.2, -0.15) is 0 Å². The van der Waals surface area contributed by atoms with Gasteiger partial charge in [-0.15, -0.1) is 10.2 Å². The minimum Gasteiger partial charge on any atom is -0.493 e. The molecule has 0 fully saturated rings. The number of methoxy groups -OCH3 is 3. The molecule has 35 heavy (non-hydrogen) atoms. The number of ether oxygens (including phenoxy) is 3. The second-order valence-electron chi connectivity index (χ2n) is 8.01. The van der Waals surface area contributed by atoms with E-state index in [4.69, 9.17) is 23.6 Å². The van der Waals surface area contributed by atoms with E-state index >= 15 is 0 Å². The first-order valence-electron chi connectivity index (χ1n) is 10.9. The molecular weight excluding hydrogens is 446 g/mol. The van der Waals surface area contributed by atoms with Crippen molar-refractivity contribution in [3.63, 3.8) is 0 Å². The van der Waals surface area contributed by atoms with Crippen LogP contribution in [-0.4, -0.2) is 55.0 Å². The van der Waals surface area contributed by atoms with Crippen molar-refractivity contribution in [2.24, 2.45) is 0 Å². The minimum atomic E-state index is 0.332. The van der Waals surface area contributed by atoms with Gasteiger partial charge in [0.1, 0.15) is 5.82 Å². The Balaban J connectivity index is 1.61. The average Bonchev–Trinajstić information content (AvgIpc) is 3.53. The zero-order chi connectivity index (χ0) is 24.5. The van der Waals surface area contributed by atoms with Crippen LogP contribution in [0.5, 0.6) is 17.2 Å². The second-order valence-corrected chi connectivity index (χ2v) is 8.01. The van der Waals surface area contributed by atoms with E-state index in [2.05, 4.69) is 10.2 Å². The van der Waals surface area contributed by atoms with Crippen LogP contribution in [0.25, 0.3) is 39.9 Å². The van der Waals surface area contributed by atoms with Crippen molar-refractivity contribution in [2.75, 3.05) is 40.3 Å². The van der Waals surface area contributed by atoms with Crippen molar-refractivity contribution in [1.82, 2.24) is 19.6 Å². The van der Waals surface area contributed by atoms with Crippen LogP contribution in [0.15, 0.2) is 65.2 Å². The highest BCUT2D eigenvalue weighted by atomic mass is 16.5. The van der Waals surface area contributed by atoms with Crippen LogP contribution in [0.2, 0.25) is 0 Å². The number of hydrogen-bond acceptors (Lipinski definition) is 8. The third-order valence-electron chi connectivity index (χ3n) is 5.73. The van der Waals surface area contributed by atoms with Gasteiger partial charge in [0, 0.05) is 37.1 Å². The molecule has 3 aromatic heterocycles. The van der Waals surface area contributed by atoms with Gasteiger partial charge in [0.25, 0.3) is 5.89 Å². The first-order valence-corrected chi connectivity index (χ1v) is 10.9. The van der Waals surface area contributed by atoms with Crippen molar-refractivity contribution in [3.05, 3.63) is 60.8 Å². The fourth-order valence-corrected chi connectivity index (χ4v) is 3.95. The van der Waals surface area contributed by atoms with Crippen molar-refractivity contribution in [2.45, 2.75) is 0 Å². The van der Waals surface area contributed by atoms with Crippen molar-refractivity contribution >= 4 is 11.2 Å². The lowest BCUT2D eigenvalue weighted by Crippen LogP contribution is -2.07. The fourth-order valence-electron chi connectivity index (χ4n) is 3.95. The minimum absolute atomic E-state index is 0.332. The number of rotatable bonds is 7. The van der Waals surface area contributed by atoms with Crippen molar-refractivity contribution in [1.29, 1.82) is 0 Å². The molecule has 0 aliphatic heterocycles. The summed E-state index contributed by atoms with van der Waals surface area (Å²) in [4.78, 5) is 6.92. The summed E-state index contributed by atoms with van der Waals surface area (Å²) in [5.41, 5.74) is 4.12. The van der Waals surface area contributed by atoms with Gasteiger partial charge in [-0.25, -0.2) is 4.98 Å². The molecule has 9 nitrogen and oxygen atoms in total. The van der Waals surface area contributed by atoms with Crippen LogP contribution in [0.3, 0.4) is 0 Å². The van der Waals surface area contributed by atoms with E-state index < -0.39 is 0 Å². The number of imidazole rings is 1. The van der Waals surface area contributed by atoms with E-state index in [0.717, 1.165) is 22.3 Å². The Morgan fingerprint density at radius 3 is 2.11 bits per heavy atom. The number of hydrogen-bond donors (Lipinski definition) is 0. The van der Waals surface area contributed by atoms with Gasteiger partial charge in [0.05, 0.1) is 26.8 Å². The number of nitrogens with zero attached hydrogens (tertiary/aromatic N) is 5. The molecule has 0 saturated carbocycles. The third-order valence-corrected chi connectivity index (χ3v) is 5.73. The van der Waals surface area contributed by atoms with Crippen molar-refractivity contribution in [3.8, 4) is 51.7 Å². The van der Waals surface area contributed by atoms with Crippen LogP contribution < -0.4 is 19.1 Å². The first-order chi connectivity index (χ1) is 17.0. The van der Waals surface area contributed by atoms with Gasteiger partial charge in [-0.1, -0.05) is 6.07 Å². The first kappa shape index (κ1) is 22.3. The summed E-state index contributed by atoms with van der Waals surface area (Å²) in [7, 11) is 8.73. The summed E-state index contributed by atoms with van der Waals surface area (Å²) in [6, 6.07) is 17.5. The summed E-state index contributed by atoms with van der Waals surface area (Å²) >= 11 is 0. The van der Waals surface area contributed by atoms with Gasteiger partial charge in [0.15, 0.2) is 17.2 Å². The summed E-state index contributed by atoms with van der Waals surface area (Å²) in [5.74, 6) is 3.03. The van der Waals surface area contributed by atoms with E-state index in [1.54, 1.807) is 21.3 Å². The highest BCUT2D eigenvalue weighted by Crippen LogP contribution is 2.42. The van der Waals surface area contributed by atoms with Crippen molar-refractivity contribution < 1.29 is 18.6 Å². The van der Waals surface area contributed by atoms with E-state index in [1.165, 1.54) is 0 Å². The summed E-state index contributed by atoms with van der Waals surface area (Å²) in [5, 5.41) is 8.57.